The Morgan fingerprint density at radius 3 is 2.50 bits per heavy atom. The molecule has 7 nitrogen and oxygen atoms in total. The third-order valence-corrected chi connectivity index (χ3v) is 2.93. The third-order valence-electron chi connectivity index (χ3n) is 2.93. The largest absolute Gasteiger partial charge is 0.480 e. The zero-order valence-corrected chi connectivity index (χ0v) is 11.5. The molecule has 0 fully saturated rings. The zero-order valence-electron chi connectivity index (χ0n) is 11.5. The van der Waals surface area contributed by atoms with Gasteiger partial charge in [-0.05, 0) is 6.07 Å². The van der Waals surface area contributed by atoms with Crippen LogP contribution in [0.3, 0.4) is 0 Å². The quantitative estimate of drug-likeness (QED) is 0.734. The standard InChI is InChI=1S/C15H14N2O5/c16-13(18)7-11(15(20)21)17-14(19)10-6-12(22-8-10)9-4-2-1-3-5-9/h1-6,8,11H,7H2,(H2,16,18)(H,17,19)(H,20,21)/t11-/m1/s1. The Bertz CT molecular complexity index is 693. The second-order valence-corrected chi connectivity index (χ2v) is 4.60. The Kier molecular flexibility index (Phi) is 4.57. The molecule has 2 rings (SSSR count). The Morgan fingerprint density at radius 1 is 1.23 bits per heavy atom. The highest BCUT2D eigenvalue weighted by molar-refractivity contribution is 5.98. The van der Waals surface area contributed by atoms with Crippen molar-refractivity contribution in [1.29, 1.82) is 0 Å². The maximum Gasteiger partial charge on any atom is 0.326 e. The first-order chi connectivity index (χ1) is 10.5. The summed E-state index contributed by atoms with van der Waals surface area (Å²) in [7, 11) is 0. The van der Waals surface area contributed by atoms with Crippen molar-refractivity contribution in [1.82, 2.24) is 5.32 Å². The van der Waals surface area contributed by atoms with E-state index in [1.54, 1.807) is 0 Å². The Labute approximate surface area is 125 Å². The molecule has 0 saturated heterocycles. The van der Waals surface area contributed by atoms with Gasteiger partial charge < -0.3 is 20.6 Å². The van der Waals surface area contributed by atoms with Crippen molar-refractivity contribution in [2.45, 2.75) is 12.5 Å². The Balaban J connectivity index is 2.11. The number of nitrogens with one attached hydrogen (secondary N) is 1. The third kappa shape index (κ3) is 3.72. The van der Waals surface area contributed by atoms with Crippen molar-refractivity contribution in [2.75, 3.05) is 0 Å². The fourth-order valence-electron chi connectivity index (χ4n) is 1.85. The van der Waals surface area contributed by atoms with Gasteiger partial charge in [0.25, 0.3) is 5.91 Å². The predicted molar refractivity (Wildman–Crippen MR) is 76.8 cm³/mol. The molecule has 4 N–H and O–H groups in total. The number of carbonyl (C=O) groups excluding carboxylic acids is 2. The van der Waals surface area contributed by atoms with E-state index in [1.807, 2.05) is 30.3 Å². The van der Waals surface area contributed by atoms with Crippen molar-refractivity contribution in [3.05, 3.63) is 48.2 Å². The topological polar surface area (TPSA) is 123 Å². The van der Waals surface area contributed by atoms with Crippen LogP contribution < -0.4 is 11.1 Å². The molecule has 114 valence electrons. The molecular weight excluding hydrogens is 288 g/mol. The van der Waals surface area contributed by atoms with E-state index in [9.17, 15) is 14.4 Å². The maximum atomic E-state index is 12.0. The lowest BCUT2D eigenvalue weighted by molar-refractivity contribution is -0.140. The van der Waals surface area contributed by atoms with Gasteiger partial charge in [0.15, 0.2) is 0 Å². The molecule has 2 amide bonds. The van der Waals surface area contributed by atoms with Crippen LogP contribution in [0, 0.1) is 0 Å². The van der Waals surface area contributed by atoms with E-state index in [0.29, 0.717) is 5.76 Å². The SMILES string of the molecule is NC(=O)C[C@@H](NC(=O)c1coc(-c2ccccc2)c1)C(=O)O. The van der Waals surface area contributed by atoms with Crippen molar-refractivity contribution in [3.8, 4) is 11.3 Å². The fourth-order valence-corrected chi connectivity index (χ4v) is 1.85. The monoisotopic (exact) mass is 302 g/mol. The zero-order chi connectivity index (χ0) is 16.1. The summed E-state index contributed by atoms with van der Waals surface area (Å²) in [4.78, 5) is 33.8. The summed E-state index contributed by atoms with van der Waals surface area (Å²) in [5.41, 5.74) is 5.90. The number of amides is 2. The highest BCUT2D eigenvalue weighted by Gasteiger charge is 2.23. The number of carboxylic acids is 1. The molecule has 1 aromatic carbocycles. The minimum absolute atomic E-state index is 0.162. The van der Waals surface area contributed by atoms with Gasteiger partial charge >= 0.3 is 5.97 Å². The molecule has 0 spiro atoms. The summed E-state index contributed by atoms with van der Waals surface area (Å²) < 4.78 is 5.30. The number of carbonyl (C=O) groups is 3. The lowest BCUT2D eigenvalue weighted by Crippen LogP contribution is -2.43. The average Bonchev–Trinajstić information content (AvgIpc) is 2.96. The van der Waals surface area contributed by atoms with Gasteiger partial charge in [0.1, 0.15) is 18.1 Å². The van der Waals surface area contributed by atoms with Gasteiger partial charge in [-0.2, -0.15) is 0 Å². The Morgan fingerprint density at radius 2 is 1.91 bits per heavy atom. The molecular formula is C15H14N2O5. The molecule has 0 aliphatic carbocycles. The van der Waals surface area contributed by atoms with Crippen LogP contribution in [0.15, 0.2) is 47.1 Å². The molecule has 0 aliphatic heterocycles. The van der Waals surface area contributed by atoms with E-state index < -0.39 is 30.2 Å². The normalized spacial score (nSPS) is 11.6. The number of furan rings is 1. The minimum Gasteiger partial charge on any atom is -0.480 e. The van der Waals surface area contributed by atoms with E-state index in [1.165, 1.54) is 12.3 Å². The number of aliphatic carboxylic acids is 1. The smallest absolute Gasteiger partial charge is 0.326 e. The number of nitrogens with two attached hydrogens (primary N) is 1. The highest BCUT2D eigenvalue weighted by Crippen LogP contribution is 2.21. The Hall–Kier alpha value is -3.09. The molecule has 0 saturated carbocycles. The van der Waals surface area contributed by atoms with Gasteiger partial charge in [-0.1, -0.05) is 30.3 Å². The second-order valence-electron chi connectivity index (χ2n) is 4.60. The lowest BCUT2D eigenvalue weighted by atomic mass is 10.1. The van der Waals surface area contributed by atoms with Crippen LogP contribution in [0.5, 0.6) is 0 Å². The number of primary amides is 1. The first kappa shape index (κ1) is 15.3. The van der Waals surface area contributed by atoms with Crippen LogP contribution in [0.25, 0.3) is 11.3 Å². The predicted octanol–water partition coefficient (Wildman–Crippen LogP) is 1.00. The number of hydrogen-bond acceptors (Lipinski definition) is 4. The molecule has 1 aromatic heterocycles. The number of rotatable bonds is 6. The van der Waals surface area contributed by atoms with Gasteiger partial charge in [0.05, 0.1) is 12.0 Å². The van der Waals surface area contributed by atoms with Gasteiger partial charge in [0, 0.05) is 5.56 Å². The second kappa shape index (κ2) is 6.57. The highest BCUT2D eigenvalue weighted by atomic mass is 16.4. The van der Waals surface area contributed by atoms with Crippen molar-refractivity contribution < 1.29 is 23.9 Å². The van der Waals surface area contributed by atoms with Crippen molar-refractivity contribution in [2.24, 2.45) is 5.73 Å². The molecule has 2 aromatic rings. The summed E-state index contributed by atoms with van der Waals surface area (Å²) in [6.45, 7) is 0. The molecule has 7 heteroatoms. The molecule has 0 radical (unpaired) electrons. The first-order valence-corrected chi connectivity index (χ1v) is 6.43. The van der Waals surface area contributed by atoms with Crippen molar-refractivity contribution >= 4 is 17.8 Å². The number of carboxylic acid groups (broad SMARTS) is 1. The molecule has 0 aliphatic rings. The van der Waals surface area contributed by atoms with E-state index in [2.05, 4.69) is 5.32 Å². The summed E-state index contributed by atoms with van der Waals surface area (Å²) >= 11 is 0. The fraction of sp³-hybridized carbons (Fsp3) is 0.133. The van der Waals surface area contributed by atoms with E-state index >= 15 is 0 Å². The van der Waals surface area contributed by atoms with Crippen LogP contribution in [0.4, 0.5) is 0 Å². The van der Waals surface area contributed by atoms with E-state index in [4.69, 9.17) is 15.3 Å². The van der Waals surface area contributed by atoms with E-state index in [-0.39, 0.29) is 5.56 Å². The van der Waals surface area contributed by atoms with Crippen LogP contribution in [0.1, 0.15) is 16.8 Å². The maximum absolute atomic E-state index is 12.0. The number of hydrogen-bond donors (Lipinski definition) is 3. The summed E-state index contributed by atoms with van der Waals surface area (Å²) in [6.07, 6.45) is 0.741. The van der Waals surface area contributed by atoms with E-state index in [0.717, 1.165) is 5.56 Å². The summed E-state index contributed by atoms with van der Waals surface area (Å²) in [5, 5.41) is 11.2. The van der Waals surface area contributed by atoms with Crippen molar-refractivity contribution in [3.63, 3.8) is 0 Å². The average molecular weight is 302 g/mol. The molecule has 0 unspecified atom stereocenters. The van der Waals surface area contributed by atoms with Crippen LogP contribution in [-0.4, -0.2) is 28.9 Å². The lowest BCUT2D eigenvalue weighted by Gasteiger charge is -2.11. The first-order valence-electron chi connectivity index (χ1n) is 6.43. The van der Waals surface area contributed by atoms with Gasteiger partial charge in [-0.25, -0.2) is 4.79 Å². The summed E-state index contributed by atoms with van der Waals surface area (Å²) in [6, 6.07) is 9.24. The molecule has 22 heavy (non-hydrogen) atoms. The molecule has 1 atom stereocenters. The van der Waals surface area contributed by atoms with Crippen LogP contribution >= 0.6 is 0 Å². The van der Waals surface area contributed by atoms with Gasteiger partial charge in [-0.3, -0.25) is 9.59 Å². The molecule has 1 heterocycles. The van der Waals surface area contributed by atoms with Crippen LogP contribution in [0.2, 0.25) is 0 Å². The van der Waals surface area contributed by atoms with Gasteiger partial charge in [-0.15, -0.1) is 0 Å². The number of benzene rings is 1. The van der Waals surface area contributed by atoms with Crippen LogP contribution in [-0.2, 0) is 9.59 Å². The summed E-state index contributed by atoms with van der Waals surface area (Å²) in [5.74, 6) is -2.32. The molecule has 0 bridgehead atoms. The van der Waals surface area contributed by atoms with Gasteiger partial charge in [0.2, 0.25) is 5.91 Å². The minimum atomic E-state index is -1.37.